The Morgan fingerprint density at radius 1 is 1.17 bits per heavy atom. The highest BCUT2D eigenvalue weighted by Crippen LogP contribution is 2.36. The molecule has 0 radical (unpaired) electrons. The summed E-state index contributed by atoms with van der Waals surface area (Å²) in [4.78, 5) is 52.3. The quantitative estimate of drug-likeness (QED) is 0.461. The van der Waals surface area contributed by atoms with Crippen molar-refractivity contribution in [2.24, 2.45) is 0 Å². The van der Waals surface area contributed by atoms with Gasteiger partial charge >= 0.3 is 5.92 Å². The zero-order valence-corrected chi connectivity index (χ0v) is 20.2. The lowest BCUT2D eigenvalue weighted by Gasteiger charge is -2.39. The van der Waals surface area contributed by atoms with Gasteiger partial charge in [0.05, 0.1) is 5.44 Å². The van der Waals surface area contributed by atoms with Gasteiger partial charge in [0, 0.05) is 35.1 Å². The molecule has 2 aliphatic rings. The summed E-state index contributed by atoms with van der Waals surface area (Å²) in [5.41, 5.74) is -0.0560. The average molecular weight is 497 g/mol. The van der Waals surface area contributed by atoms with Crippen LogP contribution in [-0.4, -0.2) is 62.5 Å². The van der Waals surface area contributed by atoms with Gasteiger partial charge < -0.3 is 9.71 Å². The van der Waals surface area contributed by atoms with E-state index in [4.69, 9.17) is 11.6 Å². The van der Waals surface area contributed by atoms with Gasteiger partial charge in [-0.15, -0.1) is 0 Å². The first-order chi connectivity index (χ1) is 16.4. The number of alkyl halides is 2. The number of nitrogens with one attached hydrogen (secondary N) is 1. The Labute approximate surface area is 208 Å². The Hall–Kier alpha value is -3.14. The lowest BCUT2D eigenvalue weighted by Crippen LogP contribution is -2.63. The van der Waals surface area contributed by atoms with Crippen molar-refractivity contribution in [3.8, 4) is 0 Å². The standard InChI is InChI=1S/C22H21B3ClF2N3O4/c23-17(31(25)20(35)22(27,28)13-2-4-14(26)5-3-13)11-1-6-15-12(9-11)10-30(18(15)33)21(24)8-7-16(32)29-19(21)34/h1-6,9,17H,7-8,10,23-25H2,(H,29,32,34)/t17?,21-/m0/s1. The molecule has 4 amide bonds. The number of amides is 4. The Morgan fingerprint density at radius 2 is 1.83 bits per heavy atom. The summed E-state index contributed by atoms with van der Waals surface area (Å²) < 4.78 is 29.8. The first-order valence-electron chi connectivity index (χ1n) is 11.1. The van der Waals surface area contributed by atoms with Crippen LogP contribution in [0.25, 0.3) is 0 Å². The lowest BCUT2D eigenvalue weighted by atomic mass is 9.70. The Bertz CT molecular complexity index is 1250. The molecule has 0 aromatic heterocycles. The average Bonchev–Trinajstić information content (AvgIpc) is 3.16. The maximum absolute atomic E-state index is 14.9. The highest BCUT2D eigenvalue weighted by atomic mass is 35.5. The molecule has 0 bridgehead atoms. The Morgan fingerprint density at radius 3 is 2.46 bits per heavy atom. The highest BCUT2D eigenvalue weighted by molar-refractivity contribution is 6.32. The van der Waals surface area contributed by atoms with E-state index in [1.165, 1.54) is 25.0 Å². The molecular weight excluding hydrogens is 476 g/mol. The molecule has 0 saturated carbocycles. The van der Waals surface area contributed by atoms with Crippen LogP contribution in [-0.2, 0) is 26.9 Å². The minimum atomic E-state index is -3.75. The van der Waals surface area contributed by atoms with Gasteiger partial charge in [0.2, 0.25) is 19.8 Å². The van der Waals surface area contributed by atoms with Gasteiger partial charge in [-0.3, -0.25) is 24.5 Å². The minimum Gasteiger partial charge on any atom is -0.389 e. The monoisotopic (exact) mass is 497 g/mol. The van der Waals surface area contributed by atoms with Gasteiger partial charge in [0.25, 0.3) is 11.8 Å². The number of halogens is 3. The van der Waals surface area contributed by atoms with Crippen molar-refractivity contribution in [3.05, 3.63) is 69.7 Å². The molecule has 0 aliphatic carbocycles. The van der Waals surface area contributed by atoms with Crippen molar-refractivity contribution >= 4 is 58.9 Å². The molecule has 2 aromatic rings. The molecule has 0 spiro atoms. The summed E-state index contributed by atoms with van der Waals surface area (Å²) in [7, 11) is 4.53. The topological polar surface area (TPSA) is 86.8 Å². The van der Waals surface area contributed by atoms with Crippen LogP contribution in [0.4, 0.5) is 8.78 Å². The molecule has 178 valence electrons. The second kappa shape index (κ2) is 8.82. The molecule has 7 nitrogen and oxygen atoms in total. The minimum absolute atomic E-state index is 0.124. The van der Waals surface area contributed by atoms with E-state index in [0.717, 1.165) is 16.9 Å². The van der Waals surface area contributed by atoms with E-state index < -0.39 is 34.7 Å². The van der Waals surface area contributed by atoms with E-state index in [1.807, 2.05) is 0 Å². The highest BCUT2D eigenvalue weighted by Gasteiger charge is 2.48. The third kappa shape index (κ3) is 4.24. The molecule has 1 unspecified atom stereocenters. The van der Waals surface area contributed by atoms with Gasteiger partial charge in [0.1, 0.15) is 15.7 Å². The second-order valence-electron chi connectivity index (χ2n) is 9.13. The van der Waals surface area contributed by atoms with Crippen molar-refractivity contribution < 1.29 is 28.0 Å². The predicted molar refractivity (Wildman–Crippen MR) is 132 cm³/mol. The van der Waals surface area contributed by atoms with Gasteiger partial charge in [-0.05, 0) is 35.7 Å². The maximum Gasteiger partial charge on any atom is 0.348 e. The fourth-order valence-corrected chi connectivity index (χ4v) is 4.58. The van der Waals surface area contributed by atoms with E-state index in [-0.39, 0.29) is 36.2 Å². The number of hydrogen-bond donors (Lipinski definition) is 1. The Kier molecular flexibility index (Phi) is 6.29. The van der Waals surface area contributed by atoms with Crippen molar-refractivity contribution in [1.82, 2.24) is 15.0 Å². The summed E-state index contributed by atoms with van der Waals surface area (Å²) in [6, 6.07) is 9.71. The van der Waals surface area contributed by atoms with Crippen molar-refractivity contribution in [2.75, 3.05) is 0 Å². The molecule has 2 aliphatic heterocycles. The third-order valence-electron chi connectivity index (χ3n) is 6.97. The molecule has 13 heteroatoms. The first kappa shape index (κ1) is 25.0. The summed E-state index contributed by atoms with van der Waals surface area (Å²) >= 11 is 5.77. The molecule has 1 saturated heterocycles. The number of fused-ring (bicyclic) bond motifs is 1. The van der Waals surface area contributed by atoms with Crippen molar-refractivity contribution in [1.29, 1.82) is 0 Å². The number of rotatable bonds is 5. The second-order valence-corrected chi connectivity index (χ2v) is 9.57. The number of nitrogens with zero attached hydrogens (tertiary/aromatic N) is 2. The number of imide groups is 1. The normalized spacial score (nSPS) is 20.9. The summed E-state index contributed by atoms with van der Waals surface area (Å²) in [5.74, 6) is -7.10. The van der Waals surface area contributed by atoms with Crippen molar-refractivity contribution in [2.45, 2.75) is 36.7 Å². The fourth-order valence-electron chi connectivity index (χ4n) is 4.45. The Balaban J connectivity index is 1.55. The van der Waals surface area contributed by atoms with Crippen LogP contribution in [0.5, 0.6) is 0 Å². The molecule has 2 aromatic carbocycles. The van der Waals surface area contributed by atoms with Crippen LogP contribution in [0.2, 0.25) is 5.02 Å². The molecular formula is C22H21B3ClF2N3O4. The fraction of sp³-hybridized carbons (Fsp3) is 0.273. The van der Waals surface area contributed by atoms with Crippen LogP contribution in [0.15, 0.2) is 42.5 Å². The van der Waals surface area contributed by atoms with Crippen molar-refractivity contribution in [3.63, 3.8) is 0 Å². The zero-order valence-electron chi connectivity index (χ0n) is 19.4. The number of carbonyl (C=O) groups is 4. The van der Waals surface area contributed by atoms with Crippen LogP contribution >= 0.6 is 11.6 Å². The van der Waals surface area contributed by atoms with Gasteiger partial charge in [-0.25, -0.2) is 0 Å². The number of hydrogen-bond acceptors (Lipinski definition) is 4. The summed E-state index contributed by atoms with van der Waals surface area (Å²) in [5, 5.41) is 2.57. The molecule has 35 heavy (non-hydrogen) atoms. The third-order valence-corrected chi connectivity index (χ3v) is 7.22. The molecule has 4 rings (SSSR count). The lowest BCUT2D eigenvalue weighted by molar-refractivity contribution is -0.154. The molecule has 2 heterocycles. The van der Waals surface area contributed by atoms with E-state index in [0.29, 0.717) is 16.7 Å². The first-order valence-corrected chi connectivity index (χ1v) is 11.4. The molecule has 1 N–H and O–H groups in total. The summed E-state index contributed by atoms with van der Waals surface area (Å²) in [6.07, 6.45) is 0.330. The number of piperidine rings is 1. The van der Waals surface area contributed by atoms with Gasteiger partial charge in [-0.1, -0.05) is 35.9 Å². The number of benzene rings is 2. The van der Waals surface area contributed by atoms with Gasteiger partial charge in [0.15, 0.2) is 0 Å². The number of carbonyl (C=O) groups excluding carboxylic acids is 4. The van der Waals surface area contributed by atoms with E-state index >= 15 is 0 Å². The van der Waals surface area contributed by atoms with E-state index in [2.05, 4.69) is 5.32 Å². The summed E-state index contributed by atoms with van der Waals surface area (Å²) in [6.45, 7) is 0.130. The van der Waals surface area contributed by atoms with E-state index in [1.54, 1.807) is 33.9 Å². The largest absolute Gasteiger partial charge is 0.389 e. The zero-order chi connectivity index (χ0) is 25.7. The molecule has 1 fully saturated rings. The van der Waals surface area contributed by atoms with E-state index in [9.17, 15) is 28.0 Å². The van der Waals surface area contributed by atoms with Crippen LogP contribution < -0.4 is 5.32 Å². The SMILES string of the molecule is BC(c1ccc2c(c1)CN([C@@]1(B)CCC(=O)NC1=O)C2=O)N(B)C(=O)C(F)(F)c1ccc(Cl)cc1. The molecule has 2 atom stereocenters. The van der Waals surface area contributed by atoms with Crippen LogP contribution in [0, 0.1) is 0 Å². The van der Waals surface area contributed by atoms with Gasteiger partial charge in [-0.2, -0.15) is 8.78 Å². The maximum atomic E-state index is 14.9. The predicted octanol–water partition coefficient (Wildman–Crippen LogP) is -0.138. The smallest absolute Gasteiger partial charge is 0.348 e. The van der Waals surface area contributed by atoms with Crippen LogP contribution in [0.3, 0.4) is 0 Å². The van der Waals surface area contributed by atoms with Crippen LogP contribution in [0.1, 0.15) is 45.8 Å².